The molecule has 6 unspecified atom stereocenters. The molecule has 0 radical (unpaired) electrons. The van der Waals surface area contributed by atoms with Crippen LogP contribution in [0.2, 0.25) is 0 Å². The Hall–Kier alpha value is -3.84. The predicted octanol–water partition coefficient (Wildman–Crippen LogP) is 15.3. The topological polar surface area (TPSA) is 175 Å². The first-order valence-corrected chi connectivity index (χ1v) is 29.9. The van der Waals surface area contributed by atoms with Gasteiger partial charge in [-0.05, 0) is 109 Å². The lowest BCUT2D eigenvalue weighted by atomic mass is 9.98. The van der Waals surface area contributed by atoms with Crippen LogP contribution in [-0.2, 0) is 42.9 Å². The zero-order chi connectivity index (χ0) is 54.7. The van der Waals surface area contributed by atoms with Gasteiger partial charge < -0.3 is 39.0 Å². The number of allylic oxidation sites excluding steroid dienone is 12. The molecule has 1 fully saturated rings. The number of carbonyl (C=O) groups is 4. The SMILES string of the molecule is CC/C=C\C/C=C\C/C=C\CCCCCCCCCC(=O)OCC(COC1OC(C(=O)O)C(O)C(O)C1OC(=O)CCCCCCC/C=C\CCCCCC)OC(=O)CCCCCCC/C=C\C/C=C\CCCCC. The molecule has 0 aromatic carbocycles. The van der Waals surface area contributed by atoms with Crippen molar-refractivity contribution in [1.82, 2.24) is 0 Å². The zero-order valence-electron chi connectivity index (χ0n) is 47.3. The number of carbonyl (C=O) groups excluding carboxylic acids is 3. The molecule has 1 aliphatic heterocycles. The van der Waals surface area contributed by atoms with Crippen molar-refractivity contribution in [3.8, 4) is 0 Å². The van der Waals surface area contributed by atoms with Gasteiger partial charge in [0.05, 0.1) is 6.61 Å². The Morgan fingerprint density at radius 3 is 1.32 bits per heavy atom. The molecule has 12 nitrogen and oxygen atoms in total. The second-order valence-electron chi connectivity index (χ2n) is 20.2. The van der Waals surface area contributed by atoms with Crippen LogP contribution >= 0.6 is 0 Å². The minimum Gasteiger partial charge on any atom is -0.479 e. The molecule has 0 aliphatic carbocycles. The summed E-state index contributed by atoms with van der Waals surface area (Å²) in [5, 5.41) is 31.5. The maximum atomic E-state index is 13.1. The number of esters is 3. The molecule has 0 spiro atoms. The highest BCUT2D eigenvalue weighted by Crippen LogP contribution is 2.26. The van der Waals surface area contributed by atoms with Gasteiger partial charge in [-0.1, -0.05) is 196 Å². The van der Waals surface area contributed by atoms with Gasteiger partial charge in [0.15, 0.2) is 24.6 Å². The van der Waals surface area contributed by atoms with Gasteiger partial charge in [-0.3, -0.25) is 14.4 Å². The molecule has 75 heavy (non-hydrogen) atoms. The van der Waals surface area contributed by atoms with Crippen LogP contribution in [0.25, 0.3) is 0 Å². The summed E-state index contributed by atoms with van der Waals surface area (Å²) >= 11 is 0. The maximum Gasteiger partial charge on any atom is 0.335 e. The van der Waals surface area contributed by atoms with Crippen LogP contribution in [0.3, 0.4) is 0 Å². The second-order valence-corrected chi connectivity index (χ2v) is 20.2. The lowest BCUT2D eigenvalue weighted by Crippen LogP contribution is -2.61. The van der Waals surface area contributed by atoms with Crippen molar-refractivity contribution in [3.63, 3.8) is 0 Å². The summed E-state index contributed by atoms with van der Waals surface area (Å²) in [7, 11) is 0. The van der Waals surface area contributed by atoms with E-state index in [4.69, 9.17) is 23.7 Å². The Bertz CT molecular complexity index is 1580. The van der Waals surface area contributed by atoms with Crippen LogP contribution in [0.15, 0.2) is 72.9 Å². The molecule has 1 saturated heterocycles. The number of carboxylic acids is 1. The minimum atomic E-state index is -1.91. The molecule has 430 valence electrons. The monoisotopic (exact) mass is 1050 g/mol. The van der Waals surface area contributed by atoms with Crippen molar-refractivity contribution in [1.29, 1.82) is 0 Å². The van der Waals surface area contributed by atoms with Crippen molar-refractivity contribution in [2.75, 3.05) is 13.2 Å². The Balaban J connectivity index is 2.71. The van der Waals surface area contributed by atoms with Crippen molar-refractivity contribution in [2.45, 2.75) is 289 Å². The van der Waals surface area contributed by atoms with Crippen LogP contribution in [0.5, 0.6) is 0 Å². The molecule has 3 N–H and O–H groups in total. The Labute approximate surface area is 455 Å². The van der Waals surface area contributed by atoms with Gasteiger partial charge in [-0.25, -0.2) is 4.79 Å². The molecular formula is C63H106O12. The lowest BCUT2D eigenvalue weighted by Gasteiger charge is -2.40. The van der Waals surface area contributed by atoms with Gasteiger partial charge in [0.1, 0.15) is 18.8 Å². The Morgan fingerprint density at radius 1 is 0.453 bits per heavy atom. The van der Waals surface area contributed by atoms with E-state index < -0.39 is 67.3 Å². The molecule has 0 saturated carbocycles. The highest BCUT2D eigenvalue weighted by molar-refractivity contribution is 5.74. The molecular weight excluding hydrogens is 949 g/mol. The average molecular weight is 1060 g/mol. The molecule has 1 rings (SSSR count). The van der Waals surface area contributed by atoms with Crippen LogP contribution in [0.1, 0.15) is 252 Å². The van der Waals surface area contributed by atoms with Crippen LogP contribution < -0.4 is 0 Å². The van der Waals surface area contributed by atoms with E-state index >= 15 is 0 Å². The lowest BCUT2D eigenvalue weighted by molar-refractivity contribution is -0.301. The normalized spacial score (nSPS) is 18.7. The fraction of sp³-hybridized carbons (Fsp3) is 0.746. The van der Waals surface area contributed by atoms with Crippen LogP contribution in [0, 0.1) is 0 Å². The summed E-state index contributed by atoms with van der Waals surface area (Å²) < 4.78 is 28.4. The number of carboxylic acid groups (broad SMARTS) is 1. The second kappa shape index (κ2) is 50.9. The summed E-state index contributed by atoms with van der Waals surface area (Å²) in [5.41, 5.74) is 0. The zero-order valence-corrected chi connectivity index (χ0v) is 47.3. The first-order valence-electron chi connectivity index (χ1n) is 29.9. The van der Waals surface area contributed by atoms with E-state index in [0.717, 1.165) is 141 Å². The van der Waals surface area contributed by atoms with E-state index in [1.54, 1.807) is 0 Å². The third kappa shape index (κ3) is 41.0. The molecule has 1 aliphatic rings. The molecule has 6 atom stereocenters. The van der Waals surface area contributed by atoms with Gasteiger partial charge >= 0.3 is 23.9 Å². The summed E-state index contributed by atoms with van der Waals surface area (Å²) in [6, 6.07) is 0. The van der Waals surface area contributed by atoms with E-state index in [2.05, 4.69) is 93.7 Å². The van der Waals surface area contributed by atoms with Gasteiger partial charge in [-0.15, -0.1) is 0 Å². The summed E-state index contributed by atoms with van der Waals surface area (Å²) in [5.74, 6) is -3.16. The van der Waals surface area contributed by atoms with E-state index in [1.165, 1.54) is 51.4 Å². The number of ether oxygens (including phenoxy) is 5. The van der Waals surface area contributed by atoms with Crippen molar-refractivity contribution < 1.29 is 58.2 Å². The summed E-state index contributed by atoms with van der Waals surface area (Å²) in [6.07, 6.45) is 51.5. The number of hydrogen-bond donors (Lipinski definition) is 3. The molecule has 12 heteroatoms. The van der Waals surface area contributed by atoms with E-state index in [0.29, 0.717) is 19.3 Å². The third-order valence-corrected chi connectivity index (χ3v) is 13.2. The van der Waals surface area contributed by atoms with Gasteiger partial charge in [0, 0.05) is 19.3 Å². The van der Waals surface area contributed by atoms with Crippen molar-refractivity contribution in [2.24, 2.45) is 0 Å². The number of rotatable bonds is 50. The summed E-state index contributed by atoms with van der Waals surface area (Å²) in [6.45, 7) is 5.82. The Kier molecular flexibility index (Phi) is 47.0. The first kappa shape index (κ1) is 69.2. The largest absolute Gasteiger partial charge is 0.479 e. The first-order chi connectivity index (χ1) is 36.6. The highest BCUT2D eigenvalue weighted by Gasteiger charge is 2.50. The van der Waals surface area contributed by atoms with E-state index in [1.807, 2.05) is 0 Å². The van der Waals surface area contributed by atoms with Crippen LogP contribution in [0.4, 0.5) is 0 Å². The van der Waals surface area contributed by atoms with E-state index in [9.17, 15) is 34.5 Å². The molecule has 0 amide bonds. The number of aliphatic hydroxyl groups excluding tert-OH is 2. The maximum absolute atomic E-state index is 13.1. The Morgan fingerprint density at radius 2 is 0.840 bits per heavy atom. The quantitative estimate of drug-likeness (QED) is 0.0228. The van der Waals surface area contributed by atoms with Crippen LogP contribution in [-0.4, -0.2) is 89.2 Å². The van der Waals surface area contributed by atoms with Gasteiger partial charge in [0.2, 0.25) is 0 Å². The molecule has 1 heterocycles. The minimum absolute atomic E-state index is 0.0463. The standard InChI is InChI=1S/C63H106O12/c1-4-7-10-13-16-19-22-25-27-28-30-32-34-37-40-43-46-49-55(64)71-52-54(73-56(65)50-47-44-41-38-36-33-29-26-23-20-17-14-11-8-5-2)53-72-63-61(59(68)58(67)60(75-63)62(69)70)74-57(66)51-48-45-42-39-35-31-24-21-18-15-12-9-6-3/h7,10,16-17,19-21,24-27,29,54,58-61,63,67-68H,4-6,8-9,11-15,18,22-23,28,30-53H2,1-3H3,(H,69,70)/b10-7-,19-16-,20-17-,24-21-,27-25-,29-26-. The number of aliphatic hydroxyl groups is 2. The fourth-order valence-electron chi connectivity index (χ4n) is 8.64. The number of aliphatic carboxylic acids is 1. The third-order valence-electron chi connectivity index (χ3n) is 13.2. The summed E-state index contributed by atoms with van der Waals surface area (Å²) in [4.78, 5) is 51.1. The van der Waals surface area contributed by atoms with Crippen molar-refractivity contribution >= 4 is 23.9 Å². The average Bonchev–Trinajstić information content (AvgIpc) is 3.39. The molecule has 0 aromatic rings. The predicted molar refractivity (Wildman–Crippen MR) is 303 cm³/mol. The smallest absolute Gasteiger partial charge is 0.335 e. The number of hydrogen-bond acceptors (Lipinski definition) is 11. The van der Waals surface area contributed by atoms with Gasteiger partial charge in [-0.2, -0.15) is 0 Å². The fourth-order valence-corrected chi connectivity index (χ4v) is 8.64. The van der Waals surface area contributed by atoms with Crippen molar-refractivity contribution in [3.05, 3.63) is 72.9 Å². The molecule has 0 bridgehead atoms. The molecule has 0 aromatic heterocycles. The highest BCUT2D eigenvalue weighted by atomic mass is 16.7. The number of unbranched alkanes of at least 4 members (excludes halogenated alkanes) is 24. The van der Waals surface area contributed by atoms with Gasteiger partial charge in [0.25, 0.3) is 0 Å². The van der Waals surface area contributed by atoms with E-state index in [-0.39, 0.29) is 25.9 Å².